The second-order valence-corrected chi connectivity index (χ2v) is 5.63. The van der Waals surface area contributed by atoms with Gasteiger partial charge < -0.3 is 0 Å². The Morgan fingerprint density at radius 3 is 2.59 bits per heavy atom. The summed E-state index contributed by atoms with van der Waals surface area (Å²) >= 11 is 0. The van der Waals surface area contributed by atoms with Crippen molar-refractivity contribution < 1.29 is 17.2 Å². The summed E-state index contributed by atoms with van der Waals surface area (Å²) in [6, 6.07) is 3.26. The Hall–Kier alpha value is -1.01. The van der Waals surface area contributed by atoms with Gasteiger partial charge in [0.15, 0.2) is 0 Å². The lowest BCUT2D eigenvalue weighted by Gasteiger charge is -2.06. The van der Waals surface area contributed by atoms with E-state index in [1.165, 1.54) is 6.07 Å². The van der Waals surface area contributed by atoms with Crippen LogP contribution in [0.15, 0.2) is 18.2 Å². The zero-order valence-electron chi connectivity index (χ0n) is 9.54. The minimum atomic E-state index is -3.27. The number of halogens is 2. The highest BCUT2D eigenvalue weighted by molar-refractivity contribution is 7.89. The summed E-state index contributed by atoms with van der Waals surface area (Å²) in [5, 5.41) is 0. The molecule has 0 amide bonds. The molecule has 17 heavy (non-hydrogen) atoms. The van der Waals surface area contributed by atoms with Crippen molar-refractivity contribution in [3.63, 3.8) is 0 Å². The van der Waals surface area contributed by atoms with Crippen molar-refractivity contribution in [1.82, 2.24) is 4.72 Å². The SMILES string of the molecule is CCCS(=O)(=O)NCCc1ccc(F)cc1F. The molecular formula is C11H15F2NO2S. The first-order chi connectivity index (χ1) is 7.94. The van der Waals surface area contributed by atoms with Gasteiger partial charge in [-0.1, -0.05) is 13.0 Å². The number of hydrogen-bond acceptors (Lipinski definition) is 2. The van der Waals surface area contributed by atoms with E-state index in [9.17, 15) is 17.2 Å². The van der Waals surface area contributed by atoms with E-state index in [2.05, 4.69) is 4.72 Å². The summed E-state index contributed by atoms with van der Waals surface area (Å²) in [4.78, 5) is 0. The molecule has 1 N–H and O–H groups in total. The maximum Gasteiger partial charge on any atom is 0.211 e. The third-order valence-corrected chi connectivity index (χ3v) is 3.79. The fourth-order valence-electron chi connectivity index (χ4n) is 1.41. The molecule has 0 saturated heterocycles. The van der Waals surface area contributed by atoms with Gasteiger partial charge in [0.25, 0.3) is 0 Å². The van der Waals surface area contributed by atoms with E-state index < -0.39 is 21.7 Å². The molecule has 0 heterocycles. The number of nitrogens with one attached hydrogen (secondary N) is 1. The summed E-state index contributed by atoms with van der Waals surface area (Å²) < 4.78 is 50.8. The van der Waals surface area contributed by atoms with Crippen molar-refractivity contribution in [2.24, 2.45) is 0 Å². The van der Waals surface area contributed by atoms with Gasteiger partial charge in [-0.25, -0.2) is 21.9 Å². The summed E-state index contributed by atoms with van der Waals surface area (Å²) in [7, 11) is -3.27. The predicted octanol–water partition coefficient (Wildman–Crippen LogP) is 1.84. The second kappa shape index (κ2) is 6.07. The third kappa shape index (κ3) is 4.79. The fourth-order valence-corrected chi connectivity index (χ4v) is 2.50. The summed E-state index contributed by atoms with van der Waals surface area (Å²) in [5.74, 6) is -1.24. The lowest BCUT2D eigenvalue weighted by molar-refractivity contribution is 0.565. The fraction of sp³-hybridized carbons (Fsp3) is 0.455. The molecule has 1 aromatic rings. The molecule has 6 heteroatoms. The van der Waals surface area contributed by atoms with Crippen molar-refractivity contribution >= 4 is 10.0 Å². The van der Waals surface area contributed by atoms with Gasteiger partial charge in [-0.15, -0.1) is 0 Å². The van der Waals surface area contributed by atoms with Gasteiger partial charge in [-0.05, 0) is 24.5 Å². The van der Waals surface area contributed by atoms with Crippen LogP contribution in [0.4, 0.5) is 8.78 Å². The van der Waals surface area contributed by atoms with E-state index in [1.807, 2.05) is 0 Å². The van der Waals surface area contributed by atoms with E-state index in [0.717, 1.165) is 12.1 Å². The van der Waals surface area contributed by atoms with Crippen molar-refractivity contribution in [1.29, 1.82) is 0 Å². The zero-order valence-corrected chi connectivity index (χ0v) is 10.4. The van der Waals surface area contributed by atoms with E-state index >= 15 is 0 Å². The third-order valence-electron chi connectivity index (χ3n) is 2.20. The second-order valence-electron chi connectivity index (χ2n) is 3.70. The van der Waals surface area contributed by atoms with Gasteiger partial charge in [-0.3, -0.25) is 0 Å². The quantitative estimate of drug-likeness (QED) is 0.851. The first kappa shape index (κ1) is 14.1. The molecule has 1 rings (SSSR count). The molecule has 0 atom stereocenters. The Morgan fingerprint density at radius 1 is 1.29 bits per heavy atom. The highest BCUT2D eigenvalue weighted by Crippen LogP contribution is 2.09. The molecule has 0 fully saturated rings. The standard InChI is InChI=1S/C11H15F2NO2S/c1-2-7-17(15,16)14-6-5-9-3-4-10(12)8-11(9)13/h3-4,8,14H,2,5-7H2,1H3. The molecule has 0 radical (unpaired) electrons. The van der Waals surface area contributed by atoms with Crippen LogP contribution in [0.25, 0.3) is 0 Å². The first-order valence-corrected chi connectivity index (χ1v) is 7.01. The maximum atomic E-state index is 13.2. The normalized spacial score (nSPS) is 11.7. The van der Waals surface area contributed by atoms with Gasteiger partial charge in [0.2, 0.25) is 10.0 Å². The van der Waals surface area contributed by atoms with Crippen LogP contribution in [0.2, 0.25) is 0 Å². The van der Waals surface area contributed by atoms with Crippen LogP contribution < -0.4 is 4.72 Å². The van der Waals surface area contributed by atoms with Crippen LogP contribution >= 0.6 is 0 Å². The van der Waals surface area contributed by atoms with Crippen molar-refractivity contribution in [3.05, 3.63) is 35.4 Å². The molecule has 0 spiro atoms. The minimum Gasteiger partial charge on any atom is -0.215 e. The lowest BCUT2D eigenvalue weighted by atomic mass is 10.1. The number of hydrogen-bond donors (Lipinski definition) is 1. The summed E-state index contributed by atoms with van der Waals surface area (Å²) in [6.07, 6.45) is 0.731. The van der Waals surface area contributed by atoms with Gasteiger partial charge in [0, 0.05) is 12.6 Å². The van der Waals surface area contributed by atoms with Crippen molar-refractivity contribution in [2.45, 2.75) is 19.8 Å². The number of benzene rings is 1. The molecule has 3 nitrogen and oxygen atoms in total. The van der Waals surface area contributed by atoms with Crippen LogP contribution in [0, 0.1) is 11.6 Å². The molecule has 96 valence electrons. The van der Waals surface area contributed by atoms with Gasteiger partial charge in [0.05, 0.1) is 5.75 Å². The Morgan fingerprint density at radius 2 is 2.00 bits per heavy atom. The van der Waals surface area contributed by atoms with Crippen LogP contribution in [0.3, 0.4) is 0 Å². The smallest absolute Gasteiger partial charge is 0.211 e. The molecule has 0 aliphatic rings. The van der Waals surface area contributed by atoms with Crippen LogP contribution in [0.5, 0.6) is 0 Å². The Labute approximate surface area is 99.9 Å². The summed E-state index contributed by atoms with van der Waals surface area (Å²) in [5.41, 5.74) is 0.297. The topological polar surface area (TPSA) is 46.2 Å². The van der Waals surface area contributed by atoms with E-state index in [4.69, 9.17) is 0 Å². The largest absolute Gasteiger partial charge is 0.215 e. The minimum absolute atomic E-state index is 0.0545. The maximum absolute atomic E-state index is 13.2. The predicted molar refractivity (Wildman–Crippen MR) is 62.1 cm³/mol. The van der Waals surface area contributed by atoms with Gasteiger partial charge in [-0.2, -0.15) is 0 Å². The molecule has 0 aliphatic carbocycles. The van der Waals surface area contributed by atoms with Gasteiger partial charge >= 0.3 is 0 Å². The molecule has 0 aromatic heterocycles. The molecule has 1 aromatic carbocycles. The molecule has 0 saturated carbocycles. The van der Waals surface area contributed by atoms with E-state index in [-0.39, 0.29) is 18.7 Å². The zero-order chi connectivity index (χ0) is 12.9. The number of sulfonamides is 1. The highest BCUT2D eigenvalue weighted by Gasteiger charge is 2.09. The Bertz CT molecular complexity index is 474. The molecule has 0 aliphatic heterocycles. The average Bonchev–Trinajstić information content (AvgIpc) is 2.21. The van der Waals surface area contributed by atoms with Crippen molar-refractivity contribution in [2.75, 3.05) is 12.3 Å². The lowest BCUT2D eigenvalue weighted by Crippen LogP contribution is -2.28. The Kier molecular flexibility index (Phi) is 5.02. The Balaban J connectivity index is 2.51. The molecule has 0 bridgehead atoms. The monoisotopic (exact) mass is 263 g/mol. The van der Waals surface area contributed by atoms with E-state index in [0.29, 0.717) is 12.0 Å². The van der Waals surface area contributed by atoms with E-state index in [1.54, 1.807) is 6.92 Å². The van der Waals surface area contributed by atoms with Crippen molar-refractivity contribution in [3.8, 4) is 0 Å². The number of rotatable bonds is 6. The molecule has 0 unspecified atom stereocenters. The average molecular weight is 263 g/mol. The van der Waals surface area contributed by atoms with Crippen LogP contribution in [-0.2, 0) is 16.4 Å². The summed E-state index contributed by atoms with van der Waals surface area (Å²) in [6.45, 7) is 1.88. The molecular weight excluding hydrogens is 248 g/mol. The van der Waals surface area contributed by atoms with Gasteiger partial charge in [0.1, 0.15) is 11.6 Å². The highest BCUT2D eigenvalue weighted by atomic mass is 32.2. The van der Waals surface area contributed by atoms with Crippen LogP contribution in [0.1, 0.15) is 18.9 Å². The van der Waals surface area contributed by atoms with Crippen LogP contribution in [-0.4, -0.2) is 20.7 Å². The first-order valence-electron chi connectivity index (χ1n) is 5.36.